The number of aromatic nitrogens is 1. The summed E-state index contributed by atoms with van der Waals surface area (Å²) in [4.78, 5) is 14.5. The van der Waals surface area contributed by atoms with Crippen molar-refractivity contribution in [3.05, 3.63) is 70.0 Å². The number of pyridine rings is 1. The molecule has 0 spiro atoms. The van der Waals surface area contributed by atoms with Crippen LogP contribution >= 0.6 is 0 Å². The van der Waals surface area contributed by atoms with Crippen molar-refractivity contribution in [2.45, 2.75) is 20.0 Å². The van der Waals surface area contributed by atoms with Crippen LogP contribution in [0.15, 0.2) is 53.3 Å². The minimum Gasteiger partial charge on any atom is -0.497 e. The predicted octanol–water partition coefficient (Wildman–Crippen LogP) is 3.68. The fourth-order valence-corrected chi connectivity index (χ4v) is 2.60. The van der Waals surface area contributed by atoms with Crippen molar-refractivity contribution in [3.63, 3.8) is 0 Å². The molecule has 0 aliphatic heterocycles. The number of methoxy groups -OCH3 is 1. The van der Waals surface area contributed by atoms with Crippen LogP contribution in [0.5, 0.6) is 11.5 Å². The molecule has 23 heavy (non-hydrogen) atoms. The van der Waals surface area contributed by atoms with Crippen molar-refractivity contribution in [1.82, 2.24) is 4.98 Å². The lowest BCUT2D eigenvalue weighted by Crippen LogP contribution is -2.05. The molecular formula is C19H19NO3. The van der Waals surface area contributed by atoms with Crippen molar-refractivity contribution in [2.75, 3.05) is 7.11 Å². The molecule has 4 nitrogen and oxygen atoms in total. The molecule has 0 radical (unpaired) electrons. The molecule has 118 valence electrons. The van der Waals surface area contributed by atoms with E-state index in [9.17, 15) is 4.79 Å². The van der Waals surface area contributed by atoms with E-state index in [4.69, 9.17) is 9.47 Å². The molecule has 0 fully saturated rings. The molecular weight excluding hydrogens is 290 g/mol. The Morgan fingerprint density at radius 2 is 1.78 bits per heavy atom. The third-order valence-corrected chi connectivity index (χ3v) is 3.88. The smallest absolute Gasteiger partial charge is 0.248 e. The van der Waals surface area contributed by atoms with E-state index in [2.05, 4.69) is 11.9 Å². The lowest BCUT2D eigenvalue weighted by atomic mass is 10.1. The molecule has 2 aromatic carbocycles. The van der Waals surface area contributed by atoms with Crippen LogP contribution in [-0.2, 0) is 13.0 Å². The quantitative estimate of drug-likeness (QED) is 0.782. The standard InChI is InChI=1S/C19H19NO3/c1-3-14-6-10-17(19-16(14)9-11-18(21)20-19)23-12-13-4-7-15(22-2)8-5-13/h4-11H,3,12H2,1-2H3,(H,20,21). The zero-order valence-corrected chi connectivity index (χ0v) is 13.3. The average molecular weight is 309 g/mol. The number of hydrogen-bond donors (Lipinski definition) is 1. The van der Waals surface area contributed by atoms with Gasteiger partial charge in [0, 0.05) is 11.5 Å². The second-order valence-corrected chi connectivity index (χ2v) is 5.32. The average Bonchev–Trinajstić information content (AvgIpc) is 2.60. The van der Waals surface area contributed by atoms with Crippen molar-refractivity contribution in [1.29, 1.82) is 0 Å². The van der Waals surface area contributed by atoms with Crippen LogP contribution < -0.4 is 15.0 Å². The van der Waals surface area contributed by atoms with E-state index in [0.29, 0.717) is 12.4 Å². The number of fused-ring (bicyclic) bond motifs is 1. The molecule has 3 rings (SSSR count). The lowest BCUT2D eigenvalue weighted by molar-refractivity contribution is 0.309. The van der Waals surface area contributed by atoms with Gasteiger partial charge in [0.2, 0.25) is 5.56 Å². The highest BCUT2D eigenvalue weighted by Crippen LogP contribution is 2.27. The van der Waals surface area contributed by atoms with Crippen LogP contribution in [0, 0.1) is 0 Å². The number of nitrogens with one attached hydrogen (secondary N) is 1. The van der Waals surface area contributed by atoms with Crippen molar-refractivity contribution >= 4 is 10.9 Å². The first-order valence-electron chi connectivity index (χ1n) is 7.62. The van der Waals surface area contributed by atoms with Crippen molar-refractivity contribution < 1.29 is 9.47 Å². The maximum atomic E-state index is 11.7. The summed E-state index contributed by atoms with van der Waals surface area (Å²) < 4.78 is 11.1. The van der Waals surface area contributed by atoms with E-state index in [0.717, 1.165) is 28.6 Å². The second-order valence-electron chi connectivity index (χ2n) is 5.32. The molecule has 0 saturated heterocycles. The van der Waals surface area contributed by atoms with Gasteiger partial charge < -0.3 is 14.5 Å². The summed E-state index contributed by atoms with van der Waals surface area (Å²) in [6.45, 7) is 2.53. The van der Waals surface area contributed by atoms with Crippen LogP contribution in [0.4, 0.5) is 0 Å². The van der Waals surface area contributed by atoms with E-state index < -0.39 is 0 Å². The molecule has 4 heteroatoms. The van der Waals surface area contributed by atoms with E-state index in [-0.39, 0.29) is 5.56 Å². The number of H-pyrrole nitrogens is 1. The minimum absolute atomic E-state index is 0.125. The first-order chi connectivity index (χ1) is 11.2. The molecule has 0 atom stereocenters. The van der Waals surface area contributed by atoms with Gasteiger partial charge in [0.05, 0.1) is 12.6 Å². The van der Waals surface area contributed by atoms with Crippen LogP contribution in [-0.4, -0.2) is 12.1 Å². The van der Waals surface area contributed by atoms with Crippen LogP contribution in [0.2, 0.25) is 0 Å². The summed E-state index contributed by atoms with van der Waals surface area (Å²) in [6, 6.07) is 15.1. The largest absolute Gasteiger partial charge is 0.497 e. The number of aromatic amines is 1. The Balaban J connectivity index is 1.90. The monoisotopic (exact) mass is 309 g/mol. The minimum atomic E-state index is -0.125. The van der Waals surface area contributed by atoms with Crippen molar-refractivity contribution in [3.8, 4) is 11.5 Å². The number of ether oxygens (including phenoxy) is 2. The first kappa shape index (κ1) is 15.2. The third kappa shape index (κ3) is 3.21. The van der Waals surface area contributed by atoms with E-state index in [1.807, 2.05) is 42.5 Å². The highest BCUT2D eigenvalue weighted by Gasteiger charge is 2.07. The maximum Gasteiger partial charge on any atom is 0.248 e. The lowest BCUT2D eigenvalue weighted by Gasteiger charge is -2.12. The Kier molecular flexibility index (Phi) is 4.33. The zero-order chi connectivity index (χ0) is 16.2. The predicted molar refractivity (Wildman–Crippen MR) is 91.3 cm³/mol. The summed E-state index contributed by atoms with van der Waals surface area (Å²) in [7, 11) is 1.64. The summed E-state index contributed by atoms with van der Waals surface area (Å²) in [5, 5.41) is 1.03. The Morgan fingerprint density at radius 1 is 1.00 bits per heavy atom. The van der Waals surface area contributed by atoms with Gasteiger partial charge in [-0.1, -0.05) is 25.1 Å². The van der Waals surface area contributed by atoms with Gasteiger partial charge in [-0.15, -0.1) is 0 Å². The van der Waals surface area contributed by atoms with Gasteiger partial charge in [-0.05, 0) is 41.8 Å². The van der Waals surface area contributed by atoms with Crippen LogP contribution in [0.3, 0.4) is 0 Å². The van der Waals surface area contributed by atoms with E-state index in [1.165, 1.54) is 5.56 Å². The molecule has 1 N–H and O–H groups in total. The Bertz CT molecular complexity index is 866. The number of hydrogen-bond acceptors (Lipinski definition) is 3. The van der Waals surface area contributed by atoms with E-state index in [1.54, 1.807) is 13.2 Å². The molecule has 3 aromatic rings. The van der Waals surface area contributed by atoms with Crippen LogP contribution in [0.1, 0.15) is 18.1 Å². The highest BCUT2D eigenvalue weighted by atomic mass is 16.5. The third-order valence-electron chi connectivity index (χ3n) is 3.88. The van der Waals surface area contributed by atoms with E-state index >= 15 is 0 Å². The van der Waals surface area contributed by atoms with Crippen molar-refractivity contribution in [2.24, 2.45) is 0 Å². The van der Waals surface area contributed by atoms with Gasteiger partial charge in [-0.3, -0.25) is 4.79 Å². The Labute approximate surface area is 134 Å². The van der Waals surface area contributed by atoms with Gasteiger partial charge >= 0.3 is 0 Å². The summed E-state index contributed by atoms with van der Waals surface area (Å²) in [5.74, 6) is 1.50. The summed E-state index contributed by atoms with van der Waals surface area (Å²) in [5.41, 5.74) is 2.86. The molecule has 0 amide bonds. The second kappa shape index (κ2) is 6.57. The Morgan fingerprint density at radius 3 is 2.48 bits per heavy atom. The number of rotatable bonds is 5. The fourth-order valence-electron chi connectivity index (χ4n) is 2.60. The maximum absolute atomic E-state index is 11.7. The molecule has 0 aliphatic carbocycles. The molecule has 1 aromatic heterocycles. The summed E-state index contributed by atoms with van der Waals surface area (Å²) in [6.07, 6.45) is 0.904. The number of aryl methyl sites for hydroxylation is 1. The Hall–Kier alpha value is -2.75. The van der Waals surface area contributed by atoms with Gasteiger partial charge in [0.25, 0.3) is 0 Å². The topological polar surface area (TPSA) is 51.3 Å². The molecule has 1 heterocycles. The fraction of sp³-hybridized carbons (Fsp3) is 0.211. The van der Waals surface area contributed by atoms with Gasteiger partial charge in [-0.2, -0.15) is 0 Å². The normalized spacial score (nSPS) is 10.7. The van der Waals surface area contributed by atoms with Gasteiger partial charge in [0.1, 0.15) is 18.1 Å². The SMILES string of the molecule is CCc1ccc(OCc2ccc(OC)cc2)c2[nH]c(=O)ccc12. The molecule has 0 unspecified atom stereocenters. The molecule has 0 bridgehead atoms. The first-order valence-corrected chi connectivity index (χ1v) is 7.62. The van der Waals surface area contributed by atoms with Gasteiger partial charge in [-0.25, -0.2) is 0 Å². The zero-order valence-electron chi connectivity index (χ0n) is 13.3. The van der Waals surface area contributed by atoms with Gasteiger partial charge in [0.15, 0.2) is 0 Å². The van der Waals surface area contributed by atoms with Crippen LogP contribution in [0.25, 0.3) is 10.9 Å². The summed E-state index contributed by atoms with van der Waals surface area (Å²) >= 11 is 0. The highest BCUT2D eigenvalue weighted by molar-refractivity contribution is 5.87. The molecule has 0 aliphatic rings. The number of benzene rings is 2. The molecule has 0 saturated carbocycles.